The third-order valence-electron chi connectivity index (χ3n) is 3.42. The van der Waals surface area contributed by atoms with Gasteiger partial charge in [0, 0.05) is 7.11 Å². The molecule has 0 aliphatic carbocycles. The number of carbonyl (C=O) groups excluding carboxylic acids is 1. The number of carbonyl (C=O) groups is 1. The van der Waals surface area contributed by atoms with Gasteiger partial charge in [-0.1, -0.05) is 24.3 Å². The number of hydrogen-bond donors (Lipinski definition) is 0. The van der Waals surface area contributed by atoms with Gasteiger partial charge in [0.25, 0.3) is 0 Å². The molecule has 0 amide bonds. The Morgan fingerprint density at radius 1 is 1.25 bits per heavy atom. The van der Waals surface area contributed by atoms with Crippen LogP contribution in [0, 0.1) is 0 Å². The summed E-state index contributed by atoms with van der Waals surface area (Å²) in [5.74, 6) is 0.507. The number of rotatable bonds is 5. The van der Waals surface area contributed by atoms with Crippen LogP contribution >= 0.6 is 0 Å². The lowest BCUT2D eigenvalue weighted by molar-refractivity contribution is 0.0502. The molecule has 0 aromatic heterocycles. The van der Waals surface area contributed by atoms with Crippen molar-refractivity contribution in [2.24, 2.45) is 0 Å². The van der Waals surface area contributed by atoms with E-state index in [2.05, 4.69) is 0 Å². The van der Waals surface area contributed by atoms with Gasteiger partial charge < -0.3 is 14.2 Å². The summed E-state index contributed by atoms with van der Waals surface area (Å²) in [5.41, 5.74) is 0.551. The molecule has 0 radical (unpaired) electrons. The highest BCUT2D eigenvalue weighted by atomic mass is 16.7. The molecule has 0 N–H and O–H groups in total. The van der Waals surface area contributed by atoms with Crippen LogP contribution in [0.1, 0.15) is 17.3 Å². The minimum Gasteiger partial charge on any atom is -0.467 e. The first kappa shape index (κ1) is 13.1. The number of ether oxygens (including phenoxy) is 3. The minimum absolute atomic E-state index is 0.00996. The molecule has 1 aliphatic heterocycles. The van der Waals surface area contributed by atoms with Crippen molar-refractivity contribution in [3.05, 3.63) is 42.0 Å². The molecule has 20 heavy (non-hydrogen) atoms. The van der Waals surface area contributed by atoms with Crippen LogP contribution in [0.4, 0.5) is 0 Å². The van der Waals surface area contributed by atoms with Crippen molar-refractivity contribution < 1.29 is 19.0 Å². The quantitative estimate of drug-likeness (QED) is 0.477. The van der Waals surface area contributed by atoms with Crippen LogP contribution < -0.4 is 4.74 Å². The zero-order valence-electron chi connectivity index (χ0n) is 11.5. The molecule has 2 aromatic rings. The lowest BCUT2D eigenvalue weighted by atomic mass is 10.0. The molecule has 4 heteroatoms. The van der Waals surface area contributed by atoms with Crippen LogP contribution in [-0.4, -0.2) is 31.9 Å². The number of fused-ring (bicyclic) bond motifs is 1. The van der Waals surface area contributed by atoms with Crippen LogP contribution in [0.5, 0.6) is 5.75 Å². The fourth-order valence-corrected chi connectivity index (χ4v) is 2.27. The maximum atomic E-state index is 12.4. The van der Waals surface area contributed by atoms with Gasteiger partial charge in [0.05, 0.1) is 11.7 Å². The third-order valence-corrected chi connectivity index (χ3v) is 3.42. The Labute approximate surface area is 117 Å². The smallest absolute Gasteiger partial charge is 0.197 e. The highest BCUT2D eigenvalue weighted by molar-refractivity contribution is 6.06. The van der Waals surface area contributed by atoms with Gasteiger partial charge in [-0.05, 0) is 29.8 Å². The first-order valence-electron chi connectivity index (χ1n) is 6.55. The number of hydrogen-bond acceptors (Lipinski definition) is 4. The van der Waals surface area contributed by atoms with E-state index in [1.54, 1.807) is 7.11 Å². The number of methoxy groups -OCH3 is 1. The number of ketones is 1. The van der Waals surface area contributed by atoms with Gasteiger partial charge >= 0.3 is 0 Å². The maximum absolute atomic E-state index is 12.4. The van der Waals surface area contributed by atoms with Crippen molar-refractivity contribution in [2.75, 3.05) is 13.9 Å². The summed E-state index contributed by atoms with van der Waals surface area (Å²) in [5, 5.41) is 2.04. The minimum atomic E-state index is -0.346. The molecule has 1 fully saturated rings. The highest BCUT2D eigenvalue weighted by Gasteiger charge is 2.42. The lowest BCUT2D eigenvalue weighted by Crippen LogP contribution is -2.12. The third kappa shape index (κ3) is 2.40. The van der Waals surface area contributed by atoms with Gasteiger partial charge in [0.2, 0.25) is 0 Å². The van der Waals surface area contributed by atoms with Crippen molar-refractivity contribution in [3.63, 3.8) is 0 Å². The Morgan fingerprint density at radius 3 is 2.50 bits per heavy atom. The first-order valence-corrected chi connectivity index (χ1v) is 6.55. The van der Waals surface area contributed by atoms with Gasteiger partial charge in [0.15, 0.2) is 12.6 Å². The molecule has 1 saturated heterocycles. The van der Waals surface area contributed by atoms with E-state index in [0.717, 1.165) is 10.8 Å². The summed E-state index contributed by atoms with van der Waals surface area (Å²) in [6, 6.07) is 11.6. The summed E-state index contributed by atoms with van der Waals surface area (Å²) < 4.78 is 15.7. The second-order valence-electron chi connectivity index (χ2n) is 4.87. The normalized spacial score (nSPS) is 20.9. The molecule has 3 rings (SSSR count). The van der Waals surface area contributed by atoms with Crippen LogP contribution in [0.15, 0.2) is 36.4 Å². The van der Waals surface area contributed by atoms with E-state index >= 15 is 0 Å². The molecule has 0 unspecified atom stereocenters. The van der Waals surface area contributed by atoms with E-state index in [1.165, 1.54) is 0 Å². The van der Waals surface area contributed by atoms with E-state index < -0.39 is 0 Å². The van der Waals surface area contributed by atoms with Crippen molar-refractivity contribution in [3.8, 4) is 5.75 Å². The number of benzene rings is 2. The maximum Gasteiger partial charge on any atom is 0.197 e. The topological polar surface area (TPSA) is 48.1 Å². The Hall–Kier alpha value is -1.91. The van der Waals surface area contributed by atoms with Crippen molar-refractivity contribution >= 4 is 16.6 Å². The summed E-state index contributed by atoms with van der Waals surface area (Å²) in [6.07, 6.45) is -0.356. The molecule has 0 saturated carbocycles. The molecule has 1 aliphatic rings. The van der Waals surface area contributed by atoms with Crippen LogP contribution in [0.25, 0.3) is 10.8 Å². The molecular formula is C16H16O4. The first-order chi connectivity index (χ1) is 9.70. The molecule has 0 spiro atoms. The molecule has 2 atom stereocenters. The number of epoxide rings is 1. The van der Waals surface area contributed by atoms with Gasteiger partial charge in [-0.15, -0.1) is 0 Å². The Bertz CT molecular complexity index is 650. The van der Waals surface area contributed by atoms with Gasteiger partial charge in [-0.2, -0.15) is 0 Å². The molecule has 104 valence electrons. The second kappa shape index (κ2) is 5.23. The van der Waals surface area contributed by atoms with Gasteiger partial charge in [0.1, 0.15) is 11.9 Å². The van der Waals surface area contributed by atoms with E-state index in [4.69, 9.17) is 14.2 Å². The van der Waals surface area contributed by atoms with E-state index in [9.17, 15) is 4.79 Å². The summed E-state index contributed by atoms with van der Waals surface area (Å²) in [7, 11) is 1.55. The molecule has 2 aromatic carbocycles. The Balaban J connectivity index is 2.04. The summed E-state index contributed by atoms with van der Waals surface area (Å²) in [6.45, 7) is 2.00. The van der Waals surface area contributed by atoms with Crippen molar-refractivity contribution in [1.82, 2.24) is 0 Å². The van der Waals surface area contributed by atoms with Crippen LogP contribution in [-0.2, 0) is 9.47 Å². The van der Waals surface area contributed by atoms with Gasteiger partial charge in [-0.25, -0.2) is 0 Å². The summed E-state index contributed by atoms with van der Waals surface area (Å²) in [4.78, 5) is 12.4. The Morgan fingerprint density at radius 2 is 1.90 bits per heavy atom. The summed E-state index contributed by atoms with van der Waals surface area (Å²) >= 11 is 0. The molecule has 0 bridgehead atoms. The average Bonchev–Trinajstić information content (AvgIpc) is 3.20. The van der Waals surface area contributed by atoms with Crippen molar-refractivity contribution in [1.29, 1.82) is 0 Å². The average molecular weight is 272 g/mol. The predicted molar refractivity (Wildman–Crippen MR) is 75.1 cm³/mol. The Kier molecular flexibility index (Phi) is 3.42. The zero-order chi connectivity index (χ0) is 14.1. The van der Waals surface area contributed by atoms with Crippen molar-refractivity contribution in [2.45, 2.75) is 19.1 Å². The SMILES string of the molecule is COCOc1cc2ccccc2cc1C(=O)[C@@H]1O[C@@H]1C. The zero-order valence-corrected chi connectivity index (χ0v) is 11.5. The number of Topliss-reactive ketones (excluding diaryl/α,β-unsaturated/α-hetero) is 1. The van der Waals surface area contributed by atoms with E-state index in [0.29, 0.717) is 11.3 Å². The fraction of sp³-hybridized carbons (Fsp3) is 0.312. The van der Waals surface area contributed by atoms with Gasteiger partial charge in [-0.3, -0.25) is 4.79 Å². The van der Waals surface area contributed by atoms with E-state index in [1.807, 2.05) is 43.3 Å². The molecule has 4 nitrogen and oxygen atoms in total. The van der Waals surface area contributed by atoms with Crippen LogP contribution in [0.2, 0.25) is 0 Å². The largest absolute Gasteiger partial charge is 0.467 e. The molecule has 1 heterocycles. The highest BCUT2D eigenvalue weighted by Crippen LogP contribution is 2.32. The predicted octanol–water partition coefficient (Wildman–Crippen LogP) is 2.79. The second-order valence-corrected chi connectivity index (χ2v) is 4.87. The monoisotopic (exact) mass is 272 g/mol. The van der Waals surface area contributed by atoms with E-state index in [-0.39, 0.29) is 24.8 Å². The molecular weight excluding hydrogens is 256 g/mol. The fourth-order valence-electron chi connectivity index (χ4n) is 2.27. The standard InChI is InChI=1S/C16H16O4/c1-10-16(20-10)15(17)13-7-11-5-3-4-6-12(11)8-14(13)19-9-18-2/h3-8,10,16H,9H2,1-2H3/t10-,16-/m1/s1. The lowest BCUT2D eigenvalue weighted by Gasteiger charge is -2.11. The van der Waals surface area contributed by atoms with Crippen LogP contribution in [0.3, 0.4) is 0 Å².